The minimum atomic E-state index is -0.0544. The number of rotatable bonds is 4. The van der Waals surface area contributed by atoms with Crippen LogP contribution in [0, 0.1) is 0 Å². The molecule has 0 aliphatic heterocycles. The molecular formula is C18H15N5OS. The van der Waals surface area contributed by atoms with Gasteiger partial charge in [-0.05, 0) is 30.3 Å². The average Bonchev–Trinajstić information content (AvgIpc) is 3.30. The Labute approximate surface area is 148 Å². The Balaban J connectivity index is 1.55. The molecule has 0 fully saturated rings. The van der Waals surface area contributed by atoms with E-state index in [0.717, 1.165) is 20.9 Å². The molecule has 4 rings (SSSR count). The fourth-order valence-corrected chi connectivity index (χ4v) is 3.63. The van der Waals surface area contributed by atoms with Crippen molar-refractivity contribution in [3.8, 4) is 5.69 Å². The van der Waals surface area contributed by atoms with Gasteiger partial charge in [0.15, 0.2) is 0 Å². The maximum Gasteiger partial charge on any atom is 0.254 e. The third-order valence-electron chi connectivity index (χ3n) is 3.83. The van der Waals surface area contributed by atoms with Crippen LogP contribution in [-0.4, -0.2) is 37.6 Å². The van der Waals surface area contributed by atoms with Crippen LogP contribution < -0.4 is 0 Å². The molecule has 2 aromatic heterocycles. The number of amides is 1. The van der Waals surface area contributed by atoms with Crippen LogP contribution in [0.15, 0.2) is 61.2 Å². The van der Waals surface area contributed by atoms with Gasteiger partial charge in [-0.25, -0.2) is 14.6 Å². The van der Waals surface area contributed by atoms with E-state index in [2.05, 4.69) is 15.1 Å². The van der Waals surface area contributed by atoms with Gasteiger partial charge >= 0.3 is 0 Å². The summed E-state index contributed by atoms with van der Waals surface area (Å²) in [5, 5.41) is 5.02. The SMILES string of the molecule is CN(Cc1nc2ccccc2s1)C(=O)c1cccc(-n2cncn2)c1. The number of carbonyl (C=O) groups is 1. The summed E-state index contributed by atoms with van der Waals surface area (Å²) in [4.78, 5) is 22.9. The quantitative estimate of drug-likeness (QED) is 0.568. The van der Waals surface area contributed by atoms with Gasteiger partial charge in [-0.15, -0.1) is 11.3 Å². The molecule has 6 nitrogen and oxygen atoms in total. The number of carbonyl (C=O) groups excluding carboxylic acids is 1. The number of fused-ring (bicyclic) bond motifs is 1. The van der Waals surface area contributed by atoms with Crippen molar-refractivity contribution in [2.45, 2.75) is 6.54 Å². The highest BCUT2D eigenvalue weighted by Crippen LogP contribution is 2.23. The largest absolute Gasteiger partial charge is 0.335 e. The summed E-state index contributed by atoms with van der Waals surface area (Å²) in [7, 11) is 1.79. The Morgan fingerprint density at radius 2 is 2.08 bits per heavy atom. The van der Waals surface area contributed by atoms with Gasteiger partial charge in [0.2, 0.25) is 0 Å². The molecular weight excluding hydrogens is 334 g/mol. The van der Waals surface area contributed by atoms with Gasteiger partial charge in [0.05, 0.1) is 22.4 Å². The maximum absolute atomic E-state index is 12.7. The predicted molar refractivity (Wildman–Crippen MR) is 96.8 cm³/mol. The smallest absolute Gasteiger partial charge is 0.254 e. The molecule has 0 saturated heterocycles. The van der Waals surface area contributed by atoms with Crippen molar-refractivity contribution in [3.05, 3.63) is 71.8 Å². The molecule has 7 heteroatoms. The van der Waals surface area contributed by atoms with Crippen LogP contribution in [0.25, 0.3) is 15.9 Å². The molecule has 0 radical (unpaired) electrons. The van der Waals surface area contributed by atoms with E-state index in [1.165, 1.54) is 6.33 Å². The molecule has 2 aromatic carbocycles. The van der Waals surface area contributed by atoms with Crippen molar-refractivity contribution in [2.24, 2.45) is 0 Å². The Hall–Kier alpha value is -3.06. The van der Waals surface area contributed by atoms with Crippen molar-refractivity contribution in [1.82, 2.24) is 24.6 Å². The Morgan fingerprint density at radius 1 is 1.20 bits per heavy atom. The highest BCUT2D eigenvalue weighted by Gasteiger charge is 2.15. The van der Waals surface area contributed by atoms with E-state index in [-0.39, 0.29) is 5.91 Å². The first-order chi connectivity index (χ1) is 12.2. The van der Waals surface area contributed by atoms with Crippen LogP contribution in [0.2, 0.25) is 0 Å². The second kappa shape index (κ2) is 6.45. The summed E-state index contributed by atoms with van der Waals surface area (Å²) in [5.41, 5.74) is 2.38. The van der Waals surface area contributed by atoms with E-state index < -0.39 is 0 Å². The standard InChI is InChI=1S/C18H15N5OS/c1-22(10-17-21-15-7-2-3-8-16(15)25-17)18(24)13-5-4-6-14(9-13)23-12-19-11-20-23/h2-9,11-12H,10H2,1H3. The molecule has 4 aromatic rings. The van der Waals surface area contributed by atoms with E-state index in [9.17, 15) is 4.79 Å². The molecule has 0 aliphatic rings. The summed E-state index contributed by atoms with van der Waals surface area (Å²) >= 11 is 1.61. The Morgan fingerprint density at radius 3 is 2.88 bits per heavy atom. The van der Waals surface area contributed by atoms with E-state index in [1.54, 1.807) is 40.4 Å². The zero-order valence-corrected chi connectivity index (χ0v) is 14.3. The lowest BCUT2D eigenvalue weighted by atomic mass is 10.2. The summed E-state index contributed by atoms with van der Waals surface area (Å²) in [6, 6.07) is 15.3. The molecule has 0 saturated carbocycles. The first-order valence-electron chi connectivity index (χ1n) is 7.76. The van der Waals surface area contributed by atoms with Gasteiger partial charge in [-0.3, -0.25) is 4.79 Å². The van der Waals surface area contributed by atoms with Crippen LogP contribution >= 0.6 is 11.3 Å². The Kier molecular flexibility index (Phi) is 3.99. The van der Waals surface area contributed by atoms with Crippen LogP contribution in [-0.2, 0) is 6.54 Å². The molecule has 0 N–H and O–H groups in total. The van der Waals surface area contributed by atoms with Crippen molar-refractivity contribution in [2.75, 3.05) is 7.05 Å². The van der Waals surface area contributed by atoms with Gasteiger partial charge in [0.1, 0.15) is 17.7 Å². The Bertz CT molecular complexity index is 992. The van der Waals surface area contributed by atoms with Crippen LogP contribution in [0.4, 0.5) is 0 Å². The molecule has 25 heavy (non-hydrogen) atoms. The van der Waals surface area contributed by atoms with Gasteiger partial charge in [0, 0.05) is 12.6 Å². The van der Waals surface area contributed by atoms with E-state index in [1.807, 2.05) is 42.5 Å². The van der Waals surface area contributed by atoms with Gasteiger partial charge in [0.25, 0.3) is 5.91 Å². The third-order valence-corrected chi connectivity index (χ3v) is 4.85. The molecule has 0 spiro atoms. The number of benzene rings is 2. The molecule has 2 heterocycles. The first-order valence-corrected chi connectivity index (χ1v) is 8.57. The van der Waals surface area contributed by atoms with Crippen molar-refractivity contribution in [3.63, 3.8) is 0 Å². The second-order valence-corrected chi connectivity index (χ2v) is 6.74. The van der Waals surface area contributed by atoms with E-state index in [4.69, 9.17) is 0 Å². The predicted octanol–water partition coefficient (Wildman–Crippen LogP) is 3.15. The highest BCUT2D eigenvalue weighted by atomic mass is 32.1. The number of thiazole rings is 1. The van der Waals surface area contributed by atoms with Crippen LogP contribution in [0.3, 0.4) is 0 Å². The van der Waals surface area contributed by atoms with Crippen molar-refractivity contribution < 1.29 is 4.79 Å². The lowest BCUT2D eigenvalue weighted by molar-refractivity contribution is 0.0785. The fourth-order valence-electron chi connectivity index (χ4n) is 2.61. The van der Waals surface area contributed by atoms with Gasteiger partial charge in [-0.1, -0.05) is 18.2 Å². The minimum Gasteiger partial charge on any atom is -0.335 e. The number of para-hydroxylation sites is 1. The molecule has 0 unspecified atom stereocenters. The third kappa shape index (κ3) is 3.14. The van der Waals surface area contributed by atoms with Crippen molar-refractivity contribution in [1.29, 1.82) is 0 Å². The van der Waals surface area contributed by atoms with Crippen molar-refractivity contribution >= 4 is 27.5 Å². The summed E-state index contributed by atoms with van der Waals surface area (Å²) in [6.07, 6.45) is 3.07. The lowest BCUT2D eigenvalue weighted by Crippen LogP contribution is -2.26. The van der Waals surface area contributed by atoms with E-state index >= 15 is 0 Å². The zero-order chi connectivity index (χ0) is 17.2. The maximum atomic E-state index is 12.7. The molecule has 0 aliphatic carbocycles. The molecule has 0 bridgehead atoms. The number of nitrogens with zero attached hydrogens (tertiary/aromatic N) is 5. The topological polar surface area (TPSA) is 63.9 Å². The molecule has 1 amide bonds. The number of aromatic nitrogens is 4. The van der Waals surface area contributed by atoms with Gasteiger partial charge < -0.3 is 4.90 Å². The fraction of sp³-hybridized carbons (Fsp3) is 0.111. The summed E-state index contributed by atoms with van der Waals surface area (Å²) in [5.74, 6) is -0.0544. The number of hydrogen-bond acceptors (Lipinski definition) is 5. The van der Waals surface area contributed by atoms with Crippen LogP contribution in [0.1, 0.15) is 15.4 Å². The van der Waals surface area contributed by atoms with E-state index in [0.29, 0.717) is 12.1 Å². The average molecular weight is 349 g/mol. The van der Waals surface area contributed by atoms with Crippen LogP contribution in [0.5, 0.6) is 0 Å². The second-order valence-electron chi connectivity index (χ2n) is 5.63. The number of hydrogen-bond donors (Lipinski definition) is 0. The van der Waals surface area contributed by atoms with Gasteiger partial charge in [-0.2, -0.15) is 5.10 Å². The first kappa shape index (κ1) is 15.5. The zero-order valence-electron chi connectivity index (χ0n) is 13.5. The minimum absolute atomic E-state index is 0.0544. The molecule has 124 valence electrons. The highest BCUT2D eigenvalue weighted by molar-refractivity contribution is 7.18. The summed E-state index contributed by atoms with van der Waals surface area (Å²) in [6.45, 7) is 0.478. The molecule has 0 atom stereocenters. The summed E-state index contributed by atoms with van der Waals surface area (Å²) < 4.78 is 2.76. The lowest BCUT2D eigenvalue weighted by Gasteiger charge is -2.16. The normalized spacial score (nSPS) is 10.9. The monoisotopic (exact) mass is 349 g/mol.